The number of rotatable bonds is 13. The van der Waals surface area contributed by atoms with Gasteiger partial charge in [-0.05, 0) is 30.7 Å². The van der Waals surface area contributed by atoms with Crippen LogP contribution in [-0.2, 0) is 11.2 Å². The van der Waals surface area contributed by atoms with E-state index in [9.17, 15) is 0 Å². The van der Waals surface area contributed by atoms with E-state index in [0.29, 0.717) is 19.8 Å². The average molecular weight is 389 g/mol. The van der Waals surface area contributed by atoms with E-state index >= 15 is 0 Å². The zero-order valence-corrected chi connectivity index (χ0v) is 16.6. The van der Waals surface area contributed by atoms with Crippen LogP contribution < -0.4 is 15.5 Å². The van der Waals surface area contributed by atoms with Crippen LogP contribution >= 0.6 is 0 Å². The van der Waals surface area contributed by atoms with Crippen LogP contribution in [0.15, 0.2) is 58.1 Å². The van der Waals surface area contributed by atoms with E-state index in [1.165, 1.54) is 5.69 Å². The molecule has 0 fully saturated rings. The minimum Gasteiger partial charge on any atom is -0.469 e. The van der Waals surface area contributed by atoms with Crippen LogP contribution in [0, 0.1) is 0 Å². The molecule has 0 bridgehead atoms. The van der Waals surface area contributed by atoms with E-state index < -0.39 is 0 Å². The van der Waals surface area contributed by atoms with Gasteiger partial charge in [0.15, 0.2) is 5.96 Å². The van der Waals surface area contributed by atoms with Gasteiger partial charge in [-0.1, -0.05) is 18.2 Å². The summed E-state index contributed by atoms with van der Waals surface area (Å²) in [5, 5.41) is 15.4. The molecule has 0 amide bonds. The number of para-hydroxylation sites is 1. The second-order valence-electron chi connectivity index (χ2n) is 6.36. The molecule has 0 unspecified atom stereocenters. The number of guanidine groups is 1. The van der Waals surface area contributed by atoms with E-state index in [1.54, 1.807) is 6.26 Å². The minimum atomic E-state index is 0.0390. The highest BCUT2D eigenvalue weighted by molar-refractivity contribution is 5.79. The zero-order valence-electron chi connectivity index (χ0n) is 16.6. The van der Waals surface area contributed by atoms with Crippen molar-refractivity contribution in [3.05, 3.63) is 54.5 Å². The van der Waals surface area contributed by atoms with Crippen LogP contribution in [0.2, 0.25) is 0 Å². The Morgan fingerprint density at radius 2 is 1.93 bits per heavy atom. The number of benzene rings is 1. The predicted molar refractivity (Wildman–Crippen MR) is 113 cm³/mol. The van der Waals surface area contributed by atoms with Gasteiger partial charge in [0.2, 0.25) is 0 Å². The second kappa shape index (κ2) is 13.6. The fraction of sp³-hybridized carbons (Fsp3) is 0.476. The fourth-order valence-electron chi connectivity index (χ4n) is 2.65. The monoisotopic (exact) mass is 388 g/mol. The van der Waals surface area contributed by atoms with Gasteiger partial charge in [0.05, 0.1) is 26.1 Å². The summed E-state index contributed by atoms with van der Waals surface area (Å²) in [6.07, 6.45) is 3.44. The lowest BCUT2D eigenvalue weighted by molar-refractivity contribution is 0.0957. The Balaban J connectivity index is 1.73. The summed E-state index contributed by atoms with van der Waals surface area (Å²) >= 11 is 0. The molecule has 7 nitrogen and oxygen atoms in total. The van der Waals surface area contributed by atoms with Crippen LogP contribution in [-0.4, -0.2) is 64.1 Å². The molecule has 7 heteroatoms. The first kappa shape index (κ1) is 21.8. The molecule has 1 aromatic carbocycles. The highest BCUT2D eigenvalue weighted by Crippen LogP contribution is 2.10. The largest absolute Gasteiger partial charge is 0.469 e. The molecule has 0 aliphatic carbocycles. The van der Waals surface area contributed by atoms with Crippen LogP contribution in [0.5, 0.6) is 0 Å². The van der Waals surface area contributed by atoms with Crippen LogP contribution in [0.1, 0.15) is 12.2 Å². The molecule has 1 aromatic heterocycles. The van der Waals surface area contributed by atoms with Gasteiger partial charge < -0.3 is 29.8 Å². The molecule has 0 saturated heterocycles. The number of nitrogens with zero attached hydrogens (tertiary/aromatic N) is 2. The van der Waals surface area contributed by atoms with Gasteiger partial charge in [0.25, 0.3) is 0 Å². The highest BCUT2D eigenvalue weighted by Gasteiger charge is 2.02. The van der Waals surface area contributed by atoms with Gasteiger partial charge in [-0.2, -0.15) is 0 Å². The van der Waals surface area contributed by atoms with Gasteiger partial charge in [-0.25, -0.2) is 0 Å². The number of hydrogen-bond acceptors (Lipinski definition) is 5. The highest BCUT2D eigenvalue weighted by atomic mass is 16.5. The summed E-state index contributed by atoms with van der Waals surface area (Å²) < 4.78 is 10.6. The molecule has 28 heavy (non-hydrogen) atoms. The lowest BCUT2D eigenvalue weighted by Crippen LogP contribution is -2.40. The molecule has 2 rings (SSSR count). The maximum absolute atomic E-state index is 8.76. The third-order valence-electron chi connectivity index (χ3n) is 4.14. The predicted octanol–water partition coefficient (Wildman–Crippen LogP) is 1.89. The van der Waals surface area contributed by atoms with Crippen molar-refractivity contribution in [2.75, 3.05) is 57.9 Å². The number of anilines is 1. The summed E-state index contributed by atoms with van der Waals surface area (Å²) in [6, 6.07) is 14.2. The molecular weight excluding hydrogens is 356 g/mol. The Bertz CT molecular complexity index is 647. The standard InChI is InChI=1S/C21H32N4O3/c1-25(19-7-3-2-4-8-19)14-6-11-22-21(24-13-17-27-18-15-26)23-12-10-20-9-5-16-28-20/h2-5,7-9,16,26H,6,10-15,17-18H2,1H3,(H2,22,23,24). The molecule has 3 N–H and O–H groups in total. The van der Waals surface area contributed by atoms with E-state index in [-0.39, 0.29) is 6.61 Å². The first-order chi connectivity index (χ1) is 13.8. The van der Waals surface area contributed by atoms with Crippen molar-refractivity contribution in [1.82, 2.24) is 10.6 Å². The second-order valence-corrected chi connectivity index (χ2v) is 6.36. The number of hydrogen-bond donors (Lipinski definition) is 3. The molecule has 0 aliphatic rings. The van der Waals surface area contributed by atoms with Crippen molar-refractivity contribution in [3.8, 4) is 0 Å². The summed E-state index contributed by atoms with van der Waals surface area (Å²) in [5.41, 5.74) is 1.21. The quantitative estimate of drug-likeness (QED) is 0.276. The van der Waals surface area contributed by atoms with Crippen molar-refractivity contribution >= 4 is 11.6 Å². The molecule has 0 aliphatic heterocycles. The van der Waals surface area contributed by atoms with E-state index in [0.717, 1.165) is 44.2 Å². The van der Waals surface area contributed by atoms with E-state index in [2.05, 4.69) is 39.7 Å². The number of aliphatic hydroxyl groups excluding tert-OH is 1. The number of furan rings is 1. The lowest BCUT2D eigenvalue weighted by Gasteiger charge is -2.18. The number of aliphatic imine (C=N–C) groups is 1. The zero-order chi connectivity index (χ0) is 19.9. The summed E-state index contributed by atoms with van der Waals surface area (Å²) in [7, 11) is 2.10. The summed E-state index contributed by atoms with van der Waals surface area (Å²) in [5.74, 6) is 1.71. The van der Waals surface area contributed by atoms with Gasteiger partial charge in [-0.15, -0.1) is 0 Å². The minimum absolute atomic E-state index is 0.0390. The Morgan fingerprint density at radius 1 is 1.11 bits per heavy atom. The van der Waals surface area contributed by atoms with Gasteiger partial charge in [-0.3, -0.25) is 4.99 Å². The van der Waals surface area contributed by atoms with Gasteiger partial charge in [0.1, 0.15) is 5.76 Å². The Kier molecular flexibility index (Phi) is 10.6. The Labute approximate surface area is 167 Å². The van der Waals surface area contributed by atoms with Crippen LogP contribution in [0.3, 0.4) is 0 Å². The summed E-state index contributed by atoms with van der Waals surface area (Å²) in [4.78, 5) is 6.89. The van der Waals surface area contributed by atoms with E-state index in [4.69, 9.17) is 14.3 Å². The molecule has 2 aromatic rings. The van der Waals surface area contributed by atoms with E-state index in [1.807, 2.05) is 30.3 Å². The smallest absolute Gasteiger partial charge is 0.191 e. The number of ether oxygens (including phenoxy) is 1. The molecule has 0 spiro atoms. The van der Waals surface area contributed by atoms with Crippen LogP contribution in [0.25, 0.3) is 0 Å². The Morgan fingerprint density at radius 3 is 2.68 bits per heavy atom. The normalized spacial score (nSPS) is 11.4. The molecule has 1 heterocycles. The van der Waals surface area contributed by atoms with Crippen molar-refractivity contribution in [2.45, 2.75) is 12.8 Å². The van der Waals surface area contributed by atoms with Crippen LogP contribution in [0.4, 0.5) is 5.69 Å². The van der Waals surface area contributed by atoms with Gasteiger partial charge in [0, 0.05) is 45.3 Å². The van der Waals surface area contributed by atoms with Crippen molar-refractivity contribution in [2.24, 2.45) is 4.99 Å². The molecule has 0 atom stereocenters. The first-order valence-corrected chi connectivity index (χ1v) is 9.79. The first-order valence-electron chi connectivity index (χ1n) is 9.79. The SMILES string of the molecule is CN(CCCN=C(NCCOCCO)NCCc1ccco1)c1ccccc1. The van der Waals surface area contributed by atoms with Gasteiger partial charge >= 0.3 is 0 Å². The molecule has 0 radical (unpaired) electrons. The van der Waals surface area contributed by atoms with Crippen molar-refractivity contribution in [3.63, 3.8) is 0 Å². The van der Waals surface area contributed by atoms with Crippen molar-refractivity contribution in [1.29, 1.82) is 0 Å². The Hall–Kier alpha value is -2.51. The third-order valence-corrected chi connectivity index (χ3v) is 4.14. The number of aliphatic hydroxyl groups is 1. The maximum Gasteiger partial charge on any atom is 0.191 e. The topological polar surface area (TPSA) is 82.3 Å². The molecular formula is C21H32N4O3. The van der Waals surface area contributed by atoms with Crippen molar-refractivity contribution < 1.29 is 14.3 Å². The lowest BCUT2D eigenvalue weighted by atomic mass is 10.3. The summed E-state index contributed by atoms with van der Waals surface area (Å²) in [6.45, 7) is 3.95. The molecule has 0 saturated carbocycles. The average Bonchev–Trinajstić information content (AvgIpc) is 3.24. The maximum atomic E-state index is 8.76. The molecule has 154 valence electrons. The third kappa shape index (κ3) is 8.92. The number of nitrogens with one attached hydrogen (secondary N) is 2. The fourth-order valence-corrected chi connectivity index (χ4v) is 2.65.